The van der Waals surface area contributed by atoms with E-state index >= 15 is 0 Å². The smallest absolute Gasteiger partial charge is 0.280 e. The van der Waals surface area contributed by atoms with Gasteiger partial charge in [-0.15, -0.1) is 12.4 Å². The topological polar surface area (TPSA) is 145 Å². The second-order valence-electron chi connectivity index (χ2n) is 4.87. The number of phenolic OH excluding ortho intramolecular Hbond substituents is 1. The minimum absolute atomic E-state index is 0. The molecule has 0 aliphatic heterocycles. The molecule has 5 N–H and O–H groups in total. The third-order valence-corrected chi connectivity index (χ3v) is 4.00. The van der Waals surface area contributed by atoms with Crippen molar-refractivity contribution < 1.29 is 23.1 Å². The lowest BCUT2D eigenvalue weighted by Gasteiger charge is -2.11. The predicted octanol–water partition coefficient (Wildman–Crippen LogP) is 1.42. The fraction of sp³-hybridized carbons (Fsp3) is 0.0667. The number of ether oxygens (including phenoxy) is 1. The first-order valence-corrected chi connectivity index (χ1v) is 8.51. The van der Waals surface area contributed by atoms with Crippen LogP contribution in [0.25, 0.3) is 0 Å². The number of aliphatic imine (C=N–C) groups is 1. The highest BCUT2D eigenvalue weighted by Gasteiger charge is 2.18. The Morgan fingerprint density at radius 1 is 1.12 bits per heavy atom. The summed E-state index contributed by atoms with van der Waals surface area (Å²) in [6.07, 6.45) is 0.987. The molecule has 25 heavy (non-hydrogen) atoms. The highest BCUT2D eigenvalue weighted by Crippen LogP contribution is 2.30. The molecule has 0 saturated heterocycles. The molecule has 8 nitrogen and oxygen atoms in total. The zero-order chi connectivity index (χ0) is 17.9. The van der Waals surface area contributed by atoms with Crippen LogP contribution >= 0.6 is 12.4 Å². The Morgan fingerprint density at radius 2 is 1.72 bits per heavy atom. The molecule has 0 aromatic heterocycles. The van der Waals surface area contributed by atoms with Crippen LogP contribution in [0.15, 0.2) is 52.4 Å². The normalized spacial score (nSPS) is 10.4. The van der Waals surface area contributed by atoms with E-state index in [2.05, 4.69) is 4.99 Å². The Kier molecular flexibility index (Phi) is 6.37. The van der Waals surface area contributed by atoms with Gasteiger partial charge in [0.15, 0.2) is 15.8 Å². The third-order valence-electron chi connectivity index (χ3n) is 2.89. The maximum atomic E-state index is 12.0. The van der Waals surface area contributed by atoms with Crippen molar-refractivity contribution in [3.63, 3.8) is 0 Å². The first-order chi connectivity index (χ1) is 11.2. The largest absolute Gasteiger partial charge is 0.508 e. The molecule has 1 amide bonds. The molecule has 0 atom stereocenters. The summed E-state index contributed by atoms with van der Waals surface area (Å²) >= 11 is 0. The number of guanidine groups is 1. The molecular weight excluding hydrogens is 370 g/mol. The maximum absolute atomic E-state index is 12.0. The van der Waals surface area contributed by atoms with E-state index in [-0.39, 0.29) is 34.4 Å². The summed E-state index contributed by atoms with van der Waals surface area (Å²) in [6.45, 7) is 0. The molecular formula is C15H16ClN3O5S. The zero-order valence-corrected chi connectivity index (χ0v) is 14.7. The van der Waals surface area contributed by atoms with Gasteiger partial charge >= 0.3 is 0 Å². The molecule has 134 valence electrons. The van der Waals surface area contributed by atoms with Gasteiger partial charge in [0.05, 0.1) is 0 Å². The lowest BCUT2D eigenvalue weighted by atomic mass is 10.2. The minimum Gasteiger partial charge on any atom is -0.508 e. The number of rotatable bonds is 4. The zero-order valence-electron chi connectivity index (χ0n) is 13.0. The molecule has 10 heteroatoms. The van der Waals surface area contributed by atoms with Crippen molar-refractivity contribution in [3.05, 3.63) is 48.0 Å². The number of hydrogen-bond donors (Lipinski definition) is 3. The van der Waals surface area contributed by atoms with Crippen LogP contribution in [0.3, 0.4) is 0 Å². The number of carbonyl (C=O) groups is 1. The van der Waals surface area contributed by atoms with Gasteiger partial charge in [-0.1, -0.05) is 0 Å². The number of sulfone groups is 1. The maximum Gasteiger partial charge on any atom is 0.280 e. The Morgan fingerprint density at radius 3 is 2.24 bits per heavy atom. The van der Waals surface area contributed by atoms with Crippen LogP contribution in [0.5, 0.6) is 17.2 Å². The quantitative estimate of drug-likeness (QED) is 0.533. The average molecular weight is 386 g/mol. The molecule has 2 rings (SSSR count). The molecule has 2 aromatic rings. The van der Waals surface area contributed by atoms with Crippen molar-refractivity contribution in [2.45, 2.75) is 4.90 Å². The molecule has 0 radical (unpaired) electrons. The average Bonchev–Trinajstić information content (AvgIpc) is 2.48. The first kappa shape index (κ1) is 20.3. The standard InChI is InChI=1S/C15H15N3O5S.ClH/c1-24(21,22)13-8-9(14(20)18-15(16)17)2-7-12(13)23-11-5-3-10(19)4-6-11;/h2-8,19H,1H3,(H4,16,17,18,20);1H. The molecule has 0 fully saturated rings. The summed E-state index contributed by atoms with van der Waals surface area (Å²) in [7, 11) is -3.68. The number of benzene rings is 2. The summed E-state index contributed by atoms with van der Waals surface area (Å²) in [4.78, 5) is 15.0. The molecule has 0 unspecified atom stereocenters. The fourth-order valence-electron chi connectivity index (χ4n) is 1.84. The summed E-state index contributed by atoms with van der Waals surface area (Å²) in [5.41, 5.74) is 10.3. The summed E-state index contributed by atoms with van der Waals surface area (Å²) < 4.78 is 29.5. The van der Waals surface area contributed by atoms with E-state index in [1.165, 1.54) is 36.4 Å². The molecule has 2 aromatic carbocycles. The molecule has 0 aliphatic carbocycles. The van der Waals surface area contributed by atoms with Crippen LogP contribution in [0, 0.1) is 0 Å². The summed E-state index contributed by atoms with van der Waals surface area (Å²) in [6, 6.07) is 9.55. The molecule has 0 saturated carbocycles. The van der Waals surface area contributed by atoms with Gasteiger partial charge in [-0.05, 0) is 42.5 Å². The SMILES string of the molecule is CS(=O)(=O)c1cc(C(=O)N=C(N)N)ccc1Oc1ccc(O)cc1.Cl. The lowest BCUT2D eigenvalue weighted by Crippen LogP contribution is -2.24. The van der Waals surface area contributed by atoms with Crippen molar-refractivity contribution >= 4 is 34.1 Å². The minimum atomic E-state index is -3.68. The number of nitrogens with two attached hydrogens (primary N) is 2. The van der Waals surface area contributed by atoms with E-state index in [0.717, 1.165) is 12.3 Å². The number of phenols is 1. The number of hydrogen-bond acceptors (Lipinski definition) is 5. The lowest BCUT2D eigenvalue weighted by molar-refractivity contribution is 0.100. The highest BCUT2D eigenvalue weighted by molar-refractivity contribution is 7.90. The summed E-state index contributed by atoms with van der Waals surface area (Å²) in [5.74, 6) is -0.796. The number of halogens is 1. The van der Waals surface area contributed by atoms with Gasteiger partial charge in [0.25, 0.3) is 5.91 Å². The molecule has 0 bridgehead atoms. The number of nitrogens with zero attached hydrogens (tertiary/aromatic N) is 1. The van der Waals surface area contributed by atoms with E-state index in [4.69, 9.17) is 16.2 Å². The Hall–Kier alpha value is -2.78. The van der Waals surface area contributed by atoms with Gasteiger partial charge in [-0.2, -0.15) is 4.99 Å². The number of amides is 1. The highest BCUT2D eigenvalue weighted by atomic mass is 35.5. The fourth-order valence-corrected chi connectivity index (χ4v) is 2.65. The predicted molar refractivity (Wildman–Crippen MR) is 95.1 cm³/mol. The van der Waals surface area contributed by atoms with Crippen LogP contribution in [0.1, 0.15) is 10.4 Å². The molecule has 0 spiro atoms. The van der Waals surface area contributed by atoms with E-state index in [0.29, 0.717) is 5.75 Å². The van der Waals surface area contributed by atoms with Crippen molar-refractivity contribution in [1.82, 2.24) is 0 Å². The number of carbonyl (C=O) groups excluding carboxylic acids is 1. The van der Waals surface area contributed by atoms with Crippen LogP contribution in [-0.4, -0.2) is 31.6 Å². The molecule has 0 aliphatic rings. The van der Waals surface area contributed by atoms with E-state index in [1.54, 1.807) is 0 Å². The number of aromatic hydroxyl groups is 1. The third kappa shape index (κ3) is 5.37. The van der Waals surface area contributed by atoms with Crippen LogP contribution < -0.4 is 16.2 Å². The Labute approximate surface area is 150 Å². The second-order valence-corrected chi connectivity index (χ2v) is 6.86. The Balaban J connectivity index is 0.00000312. The van der Waals surface area contributed by atoms with Crippen LogP contribution in [0.4, 0.5) is 0 Å². The van der Waals surface area contributed by atoms with Gasteiger partial charge in [0.1, 0.15) is 22.1 Å². The van der Waals surface area contributed by atoms with E-state index < -0.39 is 21.7 Å². The van der Waals surface area contributed by atoms with Crippen LogP contribution in [-0.2, 0) is 9.84 Å². The van der Waals surface area contributed by atoms with Gasteiger partial charge < -0.3 is 21.3 Å². The second kappa shape index (κ2) is 7.86. The van der Waals surface area contributed by atoms with Gasteiger partial charge in [0.2, 0.25) is 0 Å². The van der Waals surface area contributed by atoms with Gasteiger partial charge in [-0.3, -0.25) is 4.79 Å². The molecule has 0 heterocycles. The first-order valence-electron chi connectivity index (χ1n) is 6.62. The van der Waals surface area contributed by atoms with Crippen molar-refractivity contribution in [2.75, 3.05) is 6.26 Å². The van der Waals surface area contributed by atoms with E-state index in [9.17, 15) is 18.3 Å². The van der Waals surface area contributed by atoms with Crippen molar-refractivity contribution in [2.24, 2.45) is 16.5 Å². The monoisotopic (exact) mass is 385 g/mol. The summed E-state index contributed by atoms with van der Waals surface area (Å²) in [5, 5.41) is 9.25. The van der Waals surface area contributed by atoms with Crippen molar-refractivity contribution in [3.8, 4) is 17.2 Å². The van der Waals surface area contributed by atoms with Gasteiger partial charge in [0, 0.05) is 11.8 Å². The van der Waals surface area contributed by atoms with E-state index in [1.807, 2.05) is 0 Å². The Bertz CT molecular complexity index is 907. The van der Waals surface area contributed by atoms with Crippen LogP contribution in [0.2, 0.25) is 0 Å². The van der Waals surface area contributed by atoms with Gasteiger partial charge in [-0.25, -0.2) is 8.42 Å². The van der Waals surface area contributed by atoms with Crippen molar-refractivity contribution in [1.29, 1.82) is 0 Å².